The molecule has 1 rings (SSSR count). The van der Waals surface area contributed by atoms with Crippen LogP contribution in [0, 0.1) is 0 Å². The van der Waals surface area contributed by atoms with Crippen molar-refractivity contribution in [2.24, 2.45) is 0 Å². The van der Waals surface area contributed by atoms with Gasteiger partial charge in [0.1, 0.15) is 5.70 Å². The molecule has 0 saturated heterocycles. The van der Waals surface area contributed by atoms with Gasteiger partial charge in [-0.3, -0.25) is 14.9 Å². The lowest BCUT2D eigenvalue weighted by Gasteiger charge is -1.98. The molecule has 1 aliphatic heterocycles. The summed E-state index contributed by atoms with van der Waals surface area (Å²) in [5.74, 6) is -0.687. The summed E-state index contributed by atoms with van der Waals surface area (Å²) in [5.41, 5.74) is 0.354. The molecule has 0 aromatic heterocycles. The standard InChI is InChI=1S/C6H8N2O2/c1-2-7-4-3-5(9)8-6(4)10/h3H,2H2,1H3,(H2,7,8,9,10). The number of carbonyl (C=O) groups is 2. The summed E-state index contributed by atoms with van der Waals surface area (Å²) in [7, 11) is 0. The quantitative estimate of drug-likeness (QED) is 0.490. The van der Waals surface area contributed by atoms with E-state index < -0.39 is 0 Å². The molecule has 1 aliphatic rings. The van der Waals surface area contributed by atoms with Gasteiger partial charge in [-0.25, -0.2) is 0 Å². The highest BCUT2D eigenvalue weighted by molar-refractivity contribution is 6.15. The second-order valence-electron chi connectivity index (χ2n) is 1.91. The lowest BCUT2D eigenvalue weighted by Crippen LogP contribution is -2.26. The minimum Gasteiger partial charge on any atom is -0.381 e. The number of hydrogen-bond acceptors (Lipinski definition) is 3. The number of rotatable bonds is 2. The fourth-order valence-corrected chi connectivity index (χ4v) is 0.734. The smallest absolute Gasteiger partial charge is 0.274 e. The van der Waals surface area contributed by atoms with Crippen LogP contribution in [0.25, 0.3) is 0 Å². The van der Waals surface area contributed by atoms with Gasteiger partial charge in [0.2, 0.25) is 0 Å². The molecule has 0 aromatic rings. The van der Waals surface area contributed by atoms with E-state index in [1.807, 2.05) is 6.92 Å². The van der Waals surface area contributed by atoms with Gasteiger partial charge >= 0.3 is 0 Å². The van der Waals surface area contributed by atoms with Crippen molar-refractivity contribution < 1.29 is 9.59 Å². The first-order valence-electron chi connectivity index (χ1n) is 3.05. The molecule has 0 bridgehead atoms. The number of hydrogen-bond donors (Lipinski definition) is 2. The molecular weight excluding hydrogens is 132 g/mol. The van der Waals surface area contributed by atoms with Crippen LogP contribution in [0.1, 0.15) is 6.92 Å². The molecule has 4 heteroatoms. The maximum absolute atomic E-state index is 10.7. The van der Waals surface area contributed by atoms with E-state index in [0.717, 1.165) is 0 Å². The maximum atomic E-state index is 10.7. The van der Waals surface area contributed by atoms with E-state index in [-0.39, 0.29) is 11.8 Å². The van der Waals surface area contributed by atoms with Gasteiger partial charge in [-0.15, -0.1) is 0 Å². The van der Waals surface area contributed by atoms with Crippen molar-refractivity contribution in [2.45, 2.75) is 6.92 Å². The molecular formula is C6H8N2O2. The van der Waals surface area contributed by atoms with Crippen molar-refractivity contribution in [3.8, 4) is 0 Å². The Labute approximate surface area is 58.3 Å². The van der Waals surface area contributed by atoms with Crippen molar-refractivity contribution in [1.29, 1.82) is 0 Å². The summed E-state index contributed by atoms with van der Waals surface area (Å²) in [6, 6.07) is 0. The van der Waals surface area contributed by atoms with Crippen molar-refractivity contribution >= 4 is 11.8 Å². The molecule has 0 atom stereocenters. The normalized spacial score (nSPS) is 16.7. The lowest BCUT2D eigenvalue weighted by molar-refractivity contribution is -0.124. The Bertz CT molecular complexity index is 208. The molecule has 0 aromatic carbocycles. The molecule has 0 unspecified atom stereocenters. The van der Waals surface area contributed by atoms with Crippen molar-refractivity contribution in [3.05, 3.63) is 11.8 Å². The second-order valence-corrected chi connectivity index (χ2v) is 1.91. The third-order valence-electron chi connectivity index (χ3n) is 1.12. The number of imide groups is 1. The third-order valence-corrected chi connectivity index (χ3v) is 1.12. The SMILES string of the molecule is CCNC1=CC(=O)NC1=O. The highest BCUT2D eigenvalue weighted by Crippen LogP contribution is 1.95. The predicted molar refractivity (Wildman–Crippen MR) is 34.9 cm³/mol. The molecule has 54 valence electrons. The van der Waals surface area contributed by atoms with Crippen LogP contribution in [0.5, 0.6) is 0 Å². The molecule has 2 amide bonds. The largest absolute Gasteiger partial charge is 0.381 e. The first kappa shape index (κ1) is 6.80. The molecule has 0 aliphatic carbocycles. The molecule has 0 spiro atoms. The first-order valence-corrected chi connectivity index (χ1v) is 3.05. The van der Waals surface area contributed by atoms with Crippen LogP contribution in [0.3, 0.4) is 0 Å². The van der Waals surface area contributed by atoms with Crippen LogP contribution in [-0.2, 0) is 9.59 Å². The summed E-state index contributed by atoms with van der Waals surface area (Å²) in [6.45, 7) is 2.50. The fourth-order valence-electron chi connectivity index (χ4n) is 0.734. The van der Waals surface area contributed by atoms with Crippen LogP contribution in [0.2, 0.25) is 0 Å². The highest BCUT2D eigenvalue weighted by Gasteiger charge is 2.19. The number of likely N-dealkylation sites (N-methyl/N-ethyl adjacent to an activating group) is 1. The predicted octanol–water partition coefficient (Wildman–Crippen LogP) is -0.864. The van der Waals surface area contributed by atoms with Gasteiger partial charge in [0.05, 0.1) is 0 Å². The molecule has 1 heterocycles. The zero-order chi connectivity index (χ0) is 7.56. The Balaban J connectivity index is 2.65. The Morgan fingerprint density at radius 3 is 2.70 bits per heavy atom. The Morgan fingerprint density at radius 1 is 1.60 bits per heavy atom. The Morgan fingerprint density at radius 2 is 2.30 bits per heavy atom. The van der Waals surface area contributed by atoms with Crippen LogP contribution < -0.4 is 10.6 Å². The molecule has 2 N–H and O–H groups in total. The molecule has 0 saturated carbocycles. The van der Waals surface area contributed by atoms with Crippen molar-refractivity contribution in [3.63, 3.8) is 0 Å². The average molecular weight is 140 g/mol. The van der Waals surface area contributed by atoms with Crippen molar-refractivity contribution in [1.82, 2.24) is 10.6 Å². The minimum absolute atomic E-state index is 0.341. The fraction of sp³-hybridized carbons (Fsp3) is 0.333. The van der Waals surface area contributed by atoms with Gasteiger partial charge in [-0.05, 0) is 6.92 Å². The lowest BCUT2D eigenvalue weighted by atomic mass is 10.4. The van der Waals surface area contributed by atoms with E-state index in [4.69, 9.17) is 0 Å². The number of carbonyl (C=O) groups excluding carboxylic acids is 2. The van der Waals surface area contributed by atoms with E-state index in [2.05, 4.69) is 10.6 Å². The van der Waals surface area contributed by atoms with Crippen molar-refractivity contribution in [2.75, 3.05) is 6.54 Å². The topological polar surface area (TPSA) is 58.2 Å². The maximum Gasteiger partial charge on any atom is 0.274 e. The Kier molecular flexibility index (Phi) is 1.71. The number of amides is 2. The number of nitrogens with one attached hydrogen (secondary N) is 2. The van der Waals surface area contributed by atoms with E-state index in [9.17, 15) is 9.59 Å². The average Bonchev–Trinajstić information content (AvgIpc) is 2.13. The van der Waals surface area contributed by atoms with Gasteiger partial charge in [0.15, 0.2) is 0 Å². The monoisotopic (exact) mass is 140 g/mol. The molecule has 0 fully saturated rings. The summed E-state index contributed by atoms with van der Waals surface area (Å²) in [5, 5.41) is 4.87. The van der Waals surface area contributed by atoms with Gasteiger partial charge in [0, 0.05) is 12.6 Å². The van der Waals surface area contributed by atoms with Crippen LogP contribution >= 0.6 is 0 Å². The second kappa shape index (κ2) is 2.51. The molecule has 10 heavy (non-hydrogen) atoms. The Hall–Kier alpha value is -1.32. The summed E-state index contributed by atoms with van der Waals surface area (Å²) in [4.78, 5) is 21.2. The van der Waals surface area contributed by atoms with Crippen LogP contribution in [0.15, 0.2) is 11.8 Å². The van der Waals surface area contributed by atoms with E-state index in [1.165, 1.54) is 6.08 Å². The molecule has 4 nitrogen and oxygen atoms in total. The highest BCUT2D eigenvalue weighted by atomic mass is 16.2. The zero-order valence-corrected chi connectivity index (χ0v) is 5.60. The van der Waals surface area contributed by atoms with Crippen LogP contribution in [-0.4, -0.2) is 18.4 Å². The summed E-state index contributed by atoms with van der Waals surface area (Å²) < 4.78 is 0. The molecule has 0 radical (unpaired) electrons. The van der Waals surface area contributed by atoms with Gasteiger partial charge in [-0.1, -0.05) is 0 Å². The summed E-state index contributed by atoms with van der Waals surface area (Å²) in [6.07, 6.45) is 1.26. The van der Waals surface area contributed by atoms with Crippen LogP contribution in [0.4, 0.5) is 0 Å². The summed E-state index contributed by atoms with van der Waals surface area (Å²) >= 11 is 0. The van der Waals surface area contributed by atoms with E-state index >= 15 is 0 Å². The van der Waals surface area contributed by atoms with E-state index in [0.29, 0.717) is 12.2 Å². The zero-order valence-electron chi connectivity index (χ0n) is 5.60. The third kappa shape index (κ3) is 1.15. The van der Waals surface area contributed by atoms with Gasteiger partial charge in [-0.2, -0.15) is 0 Å². The first-order chi connectivity index (χ1) is 4.74. The van der Waals surface area contributed by atoms with Gasteiger partial charge in [0.25, 0.3) is 11.8 Å². The minimum atomic E-state index is -0.346. The van der Waals surface area contributed by atoms with Gasteiger partial charge < -0.3 is 5.32 Å². The van der Waals surface area contributed by atoms with E-state index in [1.54, 1.807) is 0 Å².